The SMILES string of the molecule is CS(=O)(=O)N1CCCC(C(=O)N(Cc2cccnc2)c2nc3c(F)cc(F)cc3s2)C1. The Morgan fingerprint density at radius 2 is 2.16 bits per heavy atom. The number of hydrogen-bond acceptors (Lipinski definition) is 6. The Morgan fingerprint density at radius 1 is 1.35 bits per heavy atom. The summed E-state index contributed by atoms with van der Waals surface area (Å²) in [6, 6.07) is 5.46. The number of sulfonamides is 1. The largest absolute Gasteiger partial charge is 0.283 e. The van der Waals surface area contributed by atoms with Gasteiger partial charge in [-0.15, -0.1) is 0 Å². The number of carbonyl (C=O) groups is 1. The van der Waals surface area contributed by atoms with E-state index in [2.05, 4.69) is 9.97 Å². The fourth-order valence-corrected chi connectivity index (χ4v) is 5.56. The number of halogens is 2. The zero-order valence-electron chi connectivity index (χ0n) is 16.7. The second kappa shape index (κ2) is 8.56. The Kier molecular flexibility index (Phi) is 6.00. The van der Waals surface area contributed by atoms with Crippen LogP contribution >= 0.6 is 11.3 Å². The van der Waals surface area contributed by atoms with Gasteiger partial charge in [-0.1, -0.05) is 17.4 Å². The zero-order valence-corrected chi connectivity index (χ0v) is 18.3. The molecule has 0 saturated carbocycles. The van der Waals surface area contributed by atoms with Gasteiger partial charge in [0, 0.05) is 31.5 Å². The first kappa shape index (κ1) is 21.7. The van der Waals surface area contributed by atoms with Crippen molar-refractivity contribution < 1.29 is 22.0 Å². The minimum Gasteiger partial charge on any atom is -0.283 e. The van der Waals surface area contributed by atoms with Crippen molar-refractivity contribution >= 4 is 42.6 Å². The molecule has 0 spiro atoms. The molecule has 0 aliphatic carbocycles. The highest BCUT2D eigenvalue weighted by atomic mass is 32.2. The predicted octanol–water partition coefficient (Wildman–Crippen LogP) is 3.17. The van der Waals surface area contributed by atoms with Crippen LogP contribution in [0, 0.1) is 17.6 Å². The van der Waals surface area contributed by atoms with Gasteiger partial charge < -0.3 is 0 Å². The van der Waals surface area contributed by atoms with Crippen LogP contribution in [0.4, 0.5) is 13.9 Å². The van der Waals surface area contributed by atoms with E-state index in [-0.39, 0.29) is 34.3 Å². The molecule has 1 fully saturated rings. The predicted molar refractivity (Wildman–Crippen MR) is 114 cm³/mol. The van der Waals surface area contributed by atoms with Crippen LogP contribution in [0.15, 0.2) is 36.7 Å². The molecule has 0 bridgehead atoms. The summed E-state index contributed by atoms with van der Waals surface area (Å²) in [4.78, 5) is 23.2. The standard InChI is InChI=1S/C20H20F2N4O3S2/c1-31(28,29)25-7-3-5-14(12-25)19(27)26(11-13-4-2-6-23-10-13)20-24-18-16(22)8-15(21)9-17(18)30-20/h2,4,6,8-10,14H,3,5,7,11-12H2,1H3. The topological polar surface area (TPSA) is 83.5 Å². The number of hydrogen-bond donors (Lipinski definition) is 0. The molecule has 11 heteroatoms. The number of fused-ring (bicyclic) bond motifs is 1. The van der Waals surface area contributed by atoms with Crippen molar-refractivity contribution in [2.75, 3.05) is 24.2 Å². The van der Waals surface area contributed by atoms with E-state index >= 15 is 0 Å². The van der Waals surface area contributed by atoms with Gasteiger partial charge in [-0.3, -0.25) is 14.7 Å². The molecule has 7 nitrogen and oxygen atoms in total. The number of carbonyl (C=O) groups excluding carboxylic acids is 1. The second-order valence-electron chi connectivity index (χ2n) is 7.48. The van der Waals surface area contributed by atoms with Gasteiger partial charge in [0.1, 0.15) is 11.3 Å². The fourth-order valence-electron chi connectivity index (χ4n) is 3.64. The summed E-state index contributed by atoms with van der Waals surface area (Å²) < 4.78 is 53.4. The van der Waals surface area contributed by atoms with Gasteiger partial charge in [-0.25, -0.2) is 26.5 Å². The Morgan fingerprint density at radius 3 is 2.87 bits per heavy atom. The summed E-state index contributed by atoms with van der Waals surface area (Å²) in [6.45, 7) is 0.581. The van der Waals surface area contributed by atoms with Crippen LogP contribution in [0.2, 0.25) is 0 Å². The quantitative estimate of drug-likeness (QED) is 0.577. The lowest BCUT2D eigenvalue weighted by Gasteiger charge is -2.33. The number of nitrogens with zero attached hydrogens (tertiary/aromatic N) is 4. The molecular weight excluding hydrogens is 446 g/mol. The molecule has 3 aromatic rings. The van der Waals surface area contributed by atoms with E-state index in [9.17, 15) is 22.0 Å². The summed E-state index contributed by atoms with van der Waals surface area (Å²) in [6.07, 6.45) is 5.43. The van der Waals surface area contributed by atoms with Crippen LogP contribution in [0.25, 0.3) is 10.2 Å². The number of rotatable bonds is 5. The van der Waals surface area contributed by atoms with E-state index in [0.717, 1.165) is 29.2 Å². The van der Waals surface area contributed by atoms with Gasteiger partial charge >= 0.3 is 0 Å². The first-order chi connectivity index (χ1) is 14.7. The maximum absolute atomic E-state index is 14.2. The summed E-state index contributed by atoms with van der Waals surface area (Å²) in [7, 11) is -3.42. The molecule has 1 amide bonds. The van der Waals surface area contributed by atoms with E-state index in [1.165, 1.54) is 15.3 Å². The Labute approximate surface area is 182 Å². The molecular formula is C20H20F2N4O3S2. The maximum Gasteiger partial charge on any atom is 0.233 e. The van der Waals surface area contributed by atoms with E-state index in [1.54, 1.807) is 24.5 Å². The lowest BCUT2D eigenvalue weighted by Crippen LogP contribution is -2.46. The van der Waals surface area contributed by atoms with E-state index in [1.807, 2.05) is 0 Å². The number of pyridine rings is 1. The van der Waals surface area contributed by atoms with Crippen LogP contribution in [0.5, 0.6) is 0 Å². The summed E-state index contributed by atoms with van der Waals surface area (Å²) >= 11 is 1.01. The van der Waals surface area contributed by atoms with Crippen LogP contribution in [-0.2, 0) is 21.4 Å². The lowest BCUT2D eigenvalue weighted by molar-refractivity contribution is -0.123. The van der Waals surface area contributed by atoms with Gasteiger partial charge in [-0.05, 0) is 30.5 Å². The lowest BCUT2D eigenvalue weighted by atomic mass is 9.98. The molecule has 3 heterocycles. The molecule has 1 aliphatic heterocycles. The van der Waals surface area contributed by atoms with Gasteiger partial charge in [0.2, 0.25) is 15.9 Å². The average Bonchev–Trinajstić information content (AvgIpc) is 3.16. The zero-order chi connectivity index (χ0) is 22.2. The van der Waals surface area contributed by atoms with Crippen molar-refractivity contribution in [1.29, 1.82) is 0 Å². The Hall–Kier alpha value is -2.50. The fraction of sp³-hybridized carbons (Fsp3) is 0.350. The Balaban J connectivity index is 1.71. The van der Waals surface area contributed by atoms with Crippen LogP contribution in [0.1, 0.15) is 18.4 Å². The smallest absolute Gasteiger partial charge is 0.233 e. The number of piperidine rings is 1. The summed E-state index contributed by atoms with van der Waals surface area (Å²) in [5.41, 5.74) is 0.726. The van der Waals surface area contributed by atoms with Crippen molar-refractivity contribution in [1.82, 2.24) is 14.3 Å². The molecule has 0 N–H and O–H groups in total. The van der Waals surface area contributed by atoms with E-state index in [4.69, 9.17) is 0 Å². The van der Waals surface area contributed by atoms with Crippen LogP contribution < -0.4 is 4.90 Å². The summed E-state index contributed by atoms with van der Waals surface area (Å²) in [5, 5.41) is 0.227. The molecule has 164 valence electrons. The monoisotopic (exact) mass is 466 g/mol. The van der Waals surface area contributed by atoms with Crippen molar-refractivity contribution in [3.05, 3.63) is 53.9 Å². The highest BCUT2D eigenvalue weighted by Gasteiger charge is 2.34. The molecule has 1 atom stereocenters. The number of amides is 1. The van der Waals surface area contributed by atoms with Crippen LogP contribution in [-0.4, -0.2) is 47.9 Å². The molecule has 2 aromatic heterocycles. The number of benzene rings is 1. The van der Waals surface area contributed by atoms with E-state index < -0.39 is 27.6 Å². The minimum absolute atomic E-state index is 0.00760. The number of aromatic nitrogens is 2. The normalized spacial score (nSPS) is 17.7. The third kappa shape index (κ3) is 4.73. The third-order valence-electron chi connectivity index (χ3n) is 5.16. The molecule has 1 unspecified atom stereocenters. The first-order valence-electron chi connectivity index (χ1n) is 9.63. The molecule has 31 heavy (non-hydrogen) atoms. The highest BCUT2D eigenvalue weighted by Crippen LogP contribution is 2.33. The van der Waals surface area contributed by atoms with Crippen LogP contribution in [0.3, 0.4) is 0 Å². The summed E-state index contributed by atoms with van der Waals surface area (Å²) in [5.74, 6) is -2.39. The molecule has 1 aromatic carbocycles. The number of anilines is 1. The number of thiazole rings is 1. The molecule has 1 aliphatic rings. The van der Waals surface area contributed by atoms with Gasteiger partial charge in [0.25, 0.3) is 0 Å². The van der Waals surface area contributed by atoms with Gasteiger partial charge in [0.15, 0.2) is 10.9 Å². The van der Waals surface area contributed by atoms with Crippen molar-refractivity contribution in [2.24, 2.45) is 5.92 Å². The second-order valence-corrected chi connectivity index (χ2v) is 10.5. The Bertz CT molecular complexity index is 1220. The maximum atomic E-state index is 14.2. The van der Waals surface area contributed by atoms with Crippen molar-refractivity contribution in [3.8, 4) is 0 Å². The average molecular weight is 467 g/mol. The molecule has 0 radical (unpaired) electrons. The molecule has 1 saturated heterocycles. The molecule has 4 rings (SSSR count). The first-order valence-corrected chi connectivity index (χ1v) is 12.3. The minimum atomic E-state index is -3.42. The van der Waals surface area contributed by atoms with Gasteiger partial charge in [0.05, 0.1) is 23.4 Å². The van der Waals surface area contributed by atoms with E-state index in [0.29, 0.717) is 19.4 Å². The van der Waals surface area contributed by atoms with Crippen molar-refractivity contribution in [3.63, 3.8) is 0 Å². The highest BCUT2D eigenvalue weighted by molar-refractivity contribution is 7.88. The van der Waals surface area contributed by atoms with Gasteiger partial charge in [-0.2, -0.15) is 0 Å². The third-order valence-corrected chi connectivity index (χ3v) is 7.46. The van der Waals surface area contributed by atoms with Crippen molar-refractivity contribution in [2.45, 2.75) is 19.4 Å².